The minimum atomic E-state index is -1.03. The van der Waals surface area contributed by atoms with E-state index >= 15 is 0 Å². The predicted molar refractivity (Wildman–Crippen MR) is 214 cm³/mol. The quantitative estimate of drug-likeness (QED) is 0.111. The first-order valence-corrected chi connectivity index (χ1v) is 20.3. The molecule has 3 aliphatic heterocycles. The Morgan fingerprint density at radius 2 is 1.72 bits per heavy atom. The van der Waals surface area contributed by atoms with Crippen LogP contribution < -0.4 is 26.2 Å². The highest BCUT2D eigenvalue weighted by atomic mass is 35.5. The van der Waals surface area contributed by atoms with Crippen LogP contribution in [-0.4, -0.2) is 119 Å². The van der Waals surface area contributed by atoms with Crippen LogP contribution in [-0.2, 0) is 19.2 Å². The molecule has 1 aromatic heterocycles. The van der Waals surface area contributed by atoms with Gasteiger partial charge in [-0.25, -0.2) is 9.97 Å². The van der Waals surface area contributed by atoms with E-state index in [0.29, 0.717) is 88.0 Å². The number of unbranched alkanes of at least 4 members (excludes halogenated alkanes) is 1. The summed E-state index contributed by atoms with van der Waals surface area (Å²) in [5.74, 6) is -1.83. The molecular weight excluding hydrogens is 766 g/mol. The Labute approximate surface area is 341 Å². The van der Waals surface area contributed by atoms with Gasteiger partial charge in [0.2, 0.25) is 23.6 Å². The van der Waals surface area contributed by atoms with Crippen LogP contribution in [0.4, 0.5) is 11.5 Å². The average Bonchev–Trinajstić information content (AvgIpc) is 3.66. The Bertz CT molecular complexity index is 2070. The highest BCUT2D eigenvalue weighted by Gasteiger charge is 2.45. The van der Waals surface area contributed by atoms with Crippen molar-refractivity contribution in [1.82, 2.24) is 35.7 Å². The molecule has 7 rings (SSSR count). The monoisotopic (exact) mass is 813 g/mol. The Kier molecular flexibility index (Phi) is 12.6. The van der Waals surface area contributed by atoms with Gasteiger partial charge in [0.25, 0.3) is 11.8 Å². The number of aliphatic hydroxyl groups excluding tert-OH is 1. The van der Waals surface area contributed by atoms with Crippen LogP contribution in [0.3, 0.4) is 0 Å². The smallest absolute Gasteiger partial charge is 0.264 e. The van der Waals surface area contributed by atoms with Crippen LogP contribution in [0.1, 0.15) is 101 Å². The molecule has 1 aliphatic carbocycles. The van der Waals surface area contributed by atoms with Gasteiger partial charge in [-0.3, -0.25) is 39.0 Å². The number of nitrogens with zero attached hydrogens (tertiary/aromatic N) is 5. The van der Waals surface area contributed by atoms with E-state index in [9.17, 15) is 33.9 Å². The summed E-state index contributed by atoms with van der Waals surface area (Å²) in [6.07, 6.45) is 3.24. The third-order valence-corrected chi connectivity index (χ3v) is 11.6. The van der Waals surface area contributed by atoms with Gasteiger partial charge in [-0.15, -0.1) is 0 Å². The maximum absolute atomic E-state index is 14.0. The van der Waals surface area contributed by atoms with Gasteiger partial charge in [-0.2, -0.15) is 0 Å². The number of piperidine rings is 1. The molecule has 0 spiro atoms. The van der Waals surface area contributed by atoms with E-state index in [0.717, 1.165) is 21.8 Å². The van der Waals surface area contributed by atoms with Crippen LogP contribution in [0.25, 0.3) is 0 Å². The third kappa shape index (κ3) is 8.68. The van der Waals surface area contributed by atoms with Gasteiger partial charge in [-0.1, -0.05) is 36.7 Å². The van der Waals surface area contributed by atoms with Crippen molar-refractivity contribution in [2.45, 2.75) is 69.4 Å². The number of hydrogen-bond donors (Lipinski definition) is 5. The molecule has 58 heavy (non-hydrogen) atoms. The van der Waals surface area contributed by atoms with E-state index in [4.69, 9.17) is 11.6 Å². The molecule has 5 N–H and O–H groups in total. The zero-order chi connectivity index (χ0) is 40.9. The standard InChI is InChI=1S/C41H48ClN9O7/c1-24-21-31(52)36-34(24)37(47-23-46-36)49-17-19-50(20-18-49)39(56)28(25-7-9-26(42)10-8-25)22-43-16-13-32(53)45-15-3-2-14-44-29-6-4-5-27-35(29)41(58)51(40(27)57)30-11-12-33(54)48-38(30)55/h4-10,23-24,28,30-31,43-44,52H,2-3,11-22H2,1H3,(H,45,53)(H,48,54,55)/t24-,28-,30?,31-/m1/s1. The van der Waals surface area contributed by atoms with E-state index in [2.05, 4.69) is 43.1 Å². The molecule has 17 heteroatoms. The second-order valence-electron chi connectivity index (χ2n) is 15.2. The first-order chi connectivity index (χ1) is 28.0. The summed E-state index contributed by atoms with van der Waals surface area (Å²) >= 11 is 6.17. The lowest BCUT2D eigenvalue weighted by molar-refractivity contribution is -0.136. The summed E-state index contributed by atoms with van der Waals surface area (Å²) in [7, 11) is 0. The maximum atomic E-state index is 14.0. The number of aromatic nitrogens is 2. The second-order valence-corrected chi connectivity index (χ2v) is 15.6. The summed E-state index contributed by atoms with van der Waals surface area (Å²) in [4.78, 5) is 90.9. The average molecular weight is 814 g/mol. The second kappa shape index (κ2) is 18.0. The number of piperazine rings is 1. The van der Waals surface area contributed by atoms with Crippen LogP contribution in [0, 0.1) is 0 Å². The molecule has 4 heterocycles. The number of nitrogens with one attached hydrogen (secondary N) is 4. The van der Waals surface area contributed by atoms with E-state index in [1.165, 1.54) is 6.33 Å². The minimum Gasteiger partial charge on any atom is -0.387 e. The van der Waals surface area contributed by atoms with Gasteiger partial charge in [0.15, 0.2) is 0 Å². The van der Waals surface area contributed by atoms with Crippen molar-refractivity contribution in [2.75, 3.05) is 62.6 Å². The molecule has 3 aromatic rings. The van der Waals surface area contributed by atoms with Crippen molar-refractivity contribution in [3.63, 3.8) is 0 Å². The lowest BCUT2D eigenvalue weighted by Gasteiger charge is -2.38. The van der Waals surface area contributed by atoms with Crippen molar-refractivity contribution >= 4 is 58.5 Å². The normalized spacial score (nSPS) is 20.8. The number of benzene rings is 2. The number of anilines is 2. The Balaban J connectivity index is 0.837. The zero-order valence-electron chi connectivity index (χ0n) is 32.3. The SMILES string of the molecule is C[C@@H]1C[C@@H](O)c2ncnc(N3CCN(C(=O)[C@H](CNCCC(=O)NCCCCNc4cccc5c4C(=O)N(C4CCC(=O)NC4=O)C5=O)c4ccc(Cl)cc4)CC3)c21. The molecule has 4 atom stereocenters. The molecular formula is C41H48ClN9O7. The lowest BCUT2D eigenvalue weighted by Crippen LogP contribution is -2.54. The Morgan fingerprint density at radius 1 is 0.966 bits per heavy atom. The van der Waals surface area contributed by atoms with Gasteiger partial charge in [-0.05, 0) is 61.4 Å². The molecule has 0 saturated carbocycles. The Hall–Kier alpha value is -5.45. The number of aliphatic hydroxyl groups is 1. The summed E-state index contributed by atoms with van der Waals surface area (Å²) < 4.78 is 0. The largest absolute Gasteiger partial charge is 0.387 e. The molecule has 2 aromatic carbocycles. The van der Waals surface area contributed by atoms with Gasteiger partial charge >= 0.3 is 0 Å². The number of imide groups is 2. The van der Waals surface area contributed by atoms with Crippen LogP contribution in [0.2, 0.25) is 5.02 Å². The first kappa shape index (κ1) is 40.7. The molecule has 306 valence electrons. The summed E-state index contributed by atoms with van der Waals surface area (Å²) in [6.45, 7) is 5.98. The van der Waals surface area contributed by atoms with Crippen molar-refractivity contribution in [2.24, 2.45) is 0 Å². The molecule has 2 fully saturated rings. The van der Waals surface area contributed by atoms with Crippen molar-refractivity contribution in [1.29, 1.82) is 0 Å². The number of rotatable bonds is 15. The van der Waals surface area contributed by atoms with Gasteiger partial charge < -0.3 is 30.9 Å². The molecule has 4 aliphatic rings. The lowest BCUT2D eigenvalue weighted by atomic mass is 9.97. The van der Waals surface area contributed by atoms with Crippen molar-refractivity contribution in [3.8, 4) is 0 Å². The first-order valence-electron chi connectivity index (χ1n) is 19.9. The van der Waals surface area contributed by atoms with Crippen molar-refractivity contribution in [3.05, 3.63) is 81.8 Å². The van der Waals surface area contributed by atoms with Gasteiger partial charge in [0.05, 0.1) is 28.8 Å². The number of fused-ring (bicyclic) bond motifs is 2. The van der Waals surface area contributed by atoms with Gasteiger partial charge in [0.1, 0.15) is 18.2 Å². The van der Waals surface area contributed by atoms with E-state index in [-0.39, 0.29) is 48.1 Å². The fourth-order valence-corrected chi connectivity index (χ4v) is 8.38. The van der Waals surface area contributed by atoms with Crippen LogP contribution in [0.15, 0.2) is 48.8 Å². The van der Waals surface area contributed by atoms with E-state index in [1.807, 2.05) is 17.0 Å². The number of hydrogen-bond acceptors (Lipinski definition) is 12. The van der Waals surface area contributed by atoms with Gasteiger partial charge in [0, 0.05) is 81.5 Å². The Morgan fingerprint density at radius 3 is 2.48 bits per heavy atom. The summed E-state index contributed by atoms with van der Waals surface area (Å²) in [5.41, 5.74) is 3.43. The fourth-order valence-electron chi connectivity index (χ4n) is 8.26. The molecule has 16 nitrogen and oxygen atoms in total. The fraction of sp³-hybridized carbons (Fsp3) is 0.463. The number of carbonyl (C=O) groups excluding carboxylic acids is 6. The van der Waals surface area contributed by atoms with Crippen LogP contribution >= 0.6 is 11.6 Å². The predicted octanol–water partition coefficient (Wildman–Crippen LogP) is 2.49. The number of carbonyl (C=O) groups is 6. The number of amides is 6. The number of halogens is 1. The van der Waals surface area contributed by atoms with E-state index in [1.54, 1.807) is 30.3 Å². The molecule has 1 unspecified atom stereocenters. The molecule has 0 radical (unpaired) electrons. The molecule has 2 saturated heterocycles. The summed E-state index contributed by atoms with van der Waals surface area (Å²) in [6, 6.07) is 11.2. The molecule has 0 bridgehead atoms. The van der Waals surface area contributed by atoms with Crippen LogP contribution in [0.5, 0.6) is 0 Å². The van der Waals surface area contributed by atoms with E-state index < -0.39 is 41.7 Å². The third-order valence-electron chi connectivity index (χ3n) is 11.3. The topological polar surface area (TPSA) is 206 Å². The summed E-state index contributed by atoms with van der Waals surface area (Å²) in [5, 5.41) is 22.7. The molecule has 6 amide bonds. The zero-order valence-corrected chi connectivity index (χ0v) is 33.1. The minimum absolute atomic E-state index is 0.00713. The highest BCUT2D eigenvalue weighted by Crippen LogP contribution is 2.43. The van der Waals surface area contributed by atoms with Crippen molar-refractivity contribution < 1.29 is 33.9 Å². The highest BCUT2D eigenvalue weighted by molar-refractivity contribution is 6.30. The maximum Gasteiger partial charge on any atom is 0.264 e.